The standard InChI is InChI=1S/C16H13N3O6S/c1-25-13-5-3-9(26(17,23)24)7-11(13)14-18-12-4-2-8(16(21)22)6-10(12)15(20)19-14/h2-7H,1H3,(H,21,22)(H2,17,23,24)(H,18,19,20). The molecule has 0 aliphatic rings. The Morgan fingerprint density at radius 1 is 1.23 bits per heavy atom. The van der Waals surface area contributed by atoms with E-state index in [1.807, 2.05) is 0 Å². The van der Waals surface area contributed by atoms with Crippen LogP contribution >= 0.6 is 0 Å². The van der Waals surface area contributed by atoms with Gasteiger partial charge in [-0.15, -0.1) is 0 Å². The number of carboxylic acids is 1. The molecule has 0 unspecified atom stereocenters. The van der Waals surface area contributed by atoms with Gasteiger partial charge in [0.05, 0.1) is 34.0 Å². The number of ether oxygens (including phenoxy) is 1. The molecule has 0 aliphatic carbocycles. The number of aromatic amines is 1. The maximum Gasteiger partial charge on any atom is 0.335 e. The Morgan fingerprint density at radius 3 is 2.58 bits per heavy atom. The lowest BCUT2D eigenvalue weighted by Gasteiger charge is -2.10. The molecule has 26 heavy (non-hydrogen) atoms. The SMILES string of the molecule is COc1ccc(S(N)(=O)=O)cc1-c1nc2ccc(C(=O)O)cc2c(=O)[nH]1. The zero-order valence-electron chi connectivity index (χ0n) is 13.4. The summed E-state index contributed by atoms with van der Waals surface area (Å²) in [6.45, 7) is 0. The van der Waals surface area contributed by atoms with Gasteiger partial charge in [0.25, 0.3) is 5.56 Å². The van der Waals surface area contributed by atoms with E-state index in [4.69, 9.17) is 15.0 Å². The molecule has 2 aromatic carbocycles. The van der Waals surface area contributed by atoms with E-state index < -0.39 is 21.6 Å². The molecule has 0 saturated carbocycles. The van der Waals surface area contributed by atoms with Crippen LogP contribution in [0.2, 0.25) is 0 Å². The maximum atomic E-state index is 12.4. The normalized spacial score (nSPS) is 11.5. The molecule has 0 saturated heterocycles. The fourth-order valence-corrected chi connectivity index (χ4v) is 2.99. The molecule has 0 atom stereocenters. The number of hydrogen-bond donors (Lipinski definition) is 3. The number of carboxylic acid groups (broad SMARTS) is 1. The second kappa shape index (κ2) is 6.24. The molecule has 0 bridgehead atoms. The lowest BCUT2D eigenvalue weighted by atomic mass is 10.1. The van der Waals surface area contributed by atoms with E-state index in [-0.39, 0.29) is 38.5 Å². The van der Waals surface area contributed by atoms with Gasteiger partial charge in [0.2, 0.25) is 10.0 Å². The van der Waals surface area contributed by atoms with Crippen LogP contribution in [0.25, 0.3) is 22.3 Å². The molecule has 0 aliphatic heterocycles. The molecule has 1 heterocycles. The molecule has 134 valence electrons. The van der Waals surface area contributed by atoms with Crippen molar-refractivity contribution < 1.29 is 23.1 Å². The van der Waals surface area contributed by atoms with Gasteiger partial charge in [-0.05, 0) is 36.4 Å². The fraction of sp³-hybridized carbons (Fsp3) is 0.0625. The lowest BCUT2D eigenvalue weighted by molar-refractivity contribution is 0.0697. The quantitative estimate of drug-likeness (QED) is 0.613. The zero-order valence-corrected chi connectivity index (χ0v) is 14.2. The molecule has 0 amide bonds. The van der Waals surface area contributed by atoms with E-state index >= 15 is 0 Å². The van der Waals surface area contributed by atoms with Crippen LogP contribution in [0.5, 0.6) is 5.75 Å². The van der Waals surface area contributed by atoms with Gasteiger partial charge >= 0.3 is 5.97 Å². The van der Waals surface area contributed by atoms with Crippen molar-refractivity contribution in [2.24, 2.45) is 5.14 Å². The van der Waals surface area contributed by atoms with E-state index in [2.05, 4.69) is 9.97 Å². The second-order valence-corrected chi connectivity index (χ2v) is 6.92. The molecule has 0 radical (unpaired) electrons. The molecule has 3 rings (SSSR count). The highest BCUT2D eigenvalue weighted by Crippen LogP contribution is 2.30. The zero-order chi connectivity index (χ0) is 19.1. The van der Waals surface area contributed by atoms with Crippen molar-refractivity contribution in [3.05, 3.63) is 52.3 Å². The number of aromatic carboxylic acids is 1. The van der Waals surface area contributed by atoms with Crippen molar-refractivity contribution >= 4 is 26.9 Å². The van der Waals surface area contributed by atoms with Gasteiger partial charge in [-0.2, -0.15) is 0 Å². The Balaban J connectivity index is 2.27. The third kappa shape index (κ3) is 3.15. The molecule has 3 aromatic rings. The Bertz CT molecular complexity index is 1200. The molecule has 0 fully saturated rings. The highest BCUT2D eigenvalue weighted by molar-refractivity contribution is 7.89. The number of sulfonamides is 1. The van der Waals surface area contributed by atoms with Crippen molar-refractivity contribution in [1.29, 1.82) is 0 Å². The van der Waals surface area contributed by atoms with Crippen LogP contribution in [-0.2, 0) is 10.0 Å². The summed E-state index contributed by atoms with van der Waals surface area (Å²) in [4.78, 5) is 30.0. The predicted octanol–water partition coefficient (Wildman–Crippen LogP) is 0.944. The van der Waals surface area contributed by atoms with Crippen molar-refractivity contribution in [2.45, 2.75) is 4.90 Å². The van der Waals surface area contributed by atoms with E-state index in [1.54, 1.807) is 0 Å². The Kier molecular flexibility index (Phi) is 4.22. The largest absolute Gasteiger partial charge is 0.496 e. The van der Waals surface area contributed by atoms with Crippen LogP contribution in [0, 0.1) is 0 Å². The maximum absolute atomic E-state index is 12.4. The molecular formula is C16H13N3O6S. The van der Waals surface area contributed by atoms with Crippen LogP contribution in [0.4, 0.5) is 0 Å². The third-order valence-electron chi connectivity index (χ3n) is 3.71. The highest BCUT2D eigenvalue weighted by Gasteiger charge is 2.16. The number of nitrogens with one attached hydrogen (secondary N) is 1. The van der Waals surface area contributed by atoms with Gasteiger partial charge in [-0.25, -0.2) is 23.3 Å². The van der Waals surface area contributed by atoms with Gasteiger partial charge in [0, 0.05) is 0 Å². The first kappa shape index (κ1) is 17.6. The average Bonchev–Trinajstić information content (AvgIpc) is 2.59. The van der Waals surface area contributed by atoms with Crippen LogP contribution in [0.3, 0.4) is 0 Å². The number of nitrogens with two attached hydrogens (primary N) is 1. The second-order valence-electron chi connectivity index (χ2n) is 5.36. The van der Waals surface area contributed by atoms with Crippen molar-refractivity contribution in [2.75, 3.05) is 7.11 Å². The van der Waals surface area contributed by atoms with Crippen LogP contribution in [0.15, 0.2) is 46.1 Å². The first-order valence-corrected chi connectivity index (χ1v) is 8.74. The van der Waals surface area contributed by atoms with E-state index in [0.717, 1.165) is 0 Å². The van der Waals surface area contributed by atoms with E-state index in [0.29, 0.717) is 0 Å². The fourth-order valence-electron chi connectivity index (χ4n) is 2.45. The number of hydrogen-bond acceptors (Lipinski definition) is 6. The van der Waals surface area contributed by atoms with E-state index in [1.165, 1.54) is 43.5 Å². The summed E-state index contributed by atoms with van der Waals surface area (Å²) < 4.78 is 28.4. The molecule has 9 nitrogen and oxygen atoms in total. The minimum Gasteiger partial charge on any atom is -0.496 e. The number of aromatic nitrogens is 2. The Morgan fingerprint density at radius 2 is 1.96 bits per heavy atom. The smallest absolute Gasteiger partial charge is 0.335 e. The summed E-state index contributed by atoms with van der Waals surface area (Å²) in [6, 6.07) is 7.84. The van der Waals surface area contributed by atoms with Crippen LogP contribution in [-0.4, -0.2) is 36.6 Å². The summed E-state index contributed by atoms with van der Waals surface area (Å²) >= 11 is 0. The topological polar surface area (TPSA) is 152 Å². The summed E-state index contributed by atoms with van der Waals surface area (Å²) in [7, 11) is -2.58. The minimum atomic E-state index is -3.97. The number of nitrogens with zero attached hydrogens (tertiary/aromatic N) is 1. The van der Waals surface area contributed by atoms with Gasteiger partial charge in [-0.3, -0.25) is 4.79 Å². The molecule has 10 heteroatoms. The average molecular weight is 375 g/mol. The first-order valence-electron chi connectivity index (χ1n) is 7.19. The summed E-state index contributed by atoms with van der Waals surface area (Å²) in [5.74, 6) is -0.826. The summed E-state index contributed by atoms with van der Waals surface area (Å²) in [5.41, 5.74) is -0.153. The highest BCUT2D eigenvalue weighted by atomic mass is 32.2. The van der Waals surface area contributed by atoms with Crippen molar-refractivity contribution in [3.63, 3.8) is 0 Å². The summed E-state index contributed by atoms with van der Waals surface area (Å²) in [5, 5.41) is 14.3. The number of benzene rings is 2. The monoisotopic (exact) mass is 375 g/mol. The molecular weight excluding hydrogens is 362 g/mol. The number of primary sulfonamides is 1. The molecule has 0 spiro atoms. The number of methoxy groups -OCH3 is 1. The van der Waals surface area contributed by atoms with E-state index in [9.17, 15) is 18.0 Å². The van der Waals surface area contributed by atoms with Gasteiger partial charge in [0.1, 0.15) is 11.6 Å². The summed E-state index contributed by atoms with van der Waals surface area (Å²) in [6.07, 6.45) is 0. The lowest BCUT2D eigenvalue weighted by Crippen LogP contribution is -2.13. The minimum absolute atomic E-state index is 0.0497. The third-order valence-corrected chi connectivity index (χ3v) is 4.62. The molecule has 1 aromatic heterocycles. The van der Waals surface area contributed by atoms with Crippen LogP contribution < -0.4 is 15.4 Å². The van der Waals surface area contributed by atoms with Crippen molar-refractivity contribution in [3.8, 4) is 17.1 Å². The number of carbonyl (C=O) groups is 1. The van der Waals surface area contributed by atoms with Gasteiger partial charge in [0.15, 0.2) is 0 Å². The number of H-pyrrole nitrogens is 1. The first-order chi connectivity index (χ1) is 12.2. The Labute approximate surface area is 147 Å². The number of rotatable bonds is 4. The number of fused-ring (bicyclic) bond motifs is 1. The predicted molar refractivity (Wildman–Crippen MR) is 92.7 cm³/mol. The van der Waals surface area contributed by atoms with Gasteiger partial charge < -0.3 is 14.8 Å². The van der Waals surface area contributed by atoms with Gasteiger partial charge in [-0.1, -0.05) is 0 Å². The molecule has 4 N–H and O–H groups in total. The van der Waals surface area contributed by atoms with Crippen LogP contribution in [0.1, 0.15) is 10.4 Å². The van der Waals surface area contributed by atoms with Crippen molar-refractivity contribution in [1.82, 2.24) is 9.97 Å². The Hall–Kier alpha value is -3.24.